The molecule has 2 aliphatic rings. The maximum atomic E-state index is 4.66. The van der Waals surface area contributed by atoms with Crippen LogP contribution in [0.4, 0.5) is 11.5 Å². The summed E-state index contributed by atoms with van der Waals surface area (Å²) < 4.78 is 0. The summed E-state index contributed by atoms with van der Waals surface area (Å²) in [4.78, 5) is 7.08. The van der Waals surface area contributed by atoms with Gasteiger partial charge in [-0.05, 0) is 63.0 Å². The first-order valence-electron chi connectivity index (χ1n) is 8.82. The number of anilines is 2. The third-order valence-corrected chi connectivity index (χ3v) is 5.22. The van der Waals surface area contributed by atoms with Crippen molar-refractivity contribution >= 4 is 11.5 Å². The molecule has 3 heteroatoms. The molecule has 2 fully saturated rings. The second-order valence-electron chi connectivity index (χ2n) is 6.72. The fourth-order valence-electron chi connectivity index (χ4n) is 3.73. The Bertz CT molecular complexity index is 415. The molecule has 0 unspecified atom stereocenters. The number of piperidine rings is 1. The Hall–Kier alpha value is -1.25. The number of hydrogen-bond donors (Lipinski definition) is 1. The molecule has 0 spiro atoms. The molecule has 116 valence electrons. The molecule has 3 rings (SSSR count). The van der Waals surface area contributed by atoms with Crippen molar-refractivity contribution in [1.82, 2.24) is 4.98 Å². The van der Waals surface area contributed by atoms with Gasteiger partial charge in [0.05, 0.1) is 11.9 Å². The molecule has 2 heterocycles. The van der Waals surface area contributed by atoms with Gasteiger partial charge in [0, 0.05) is 19.1 Å². The predicted molar refractivity (Wildman–Crippen MR) is 90.0 cm³/mol. The molecule has 1 N–H and O–H groups in total. The molecule has 1 saturated heterocycles. The van der Waals surface area contributed by atoms with E-state index in [1.54, 1.807) is 0 Å². The summed E-state index contributed by atoms with van der Waals surface area (Å²) in [6, 6.07) is 5.05. The Balaban J connectivity index is 1.52. The van der Waals surface area contributed by atoms with Crippen molar-refractivity contribution in [3.63, 3.8) is 0 Å². The summed E-state index contributed by atoms with van der Waals surface area (Å²) in [6.45, 7) is 4.66. The molecular formula is C18H29N3. The molecular weight excluding hydrogens is 258 g/mol. The van der Waals surface area contributed by atoms with E-state index in [0.717, 1.165) is 11.7 Å². The summed E-state index contributed by atoms with van der Waals surface area (Å²) in [5, 5.41) is 3.67. The summed E-state index contributed by atoms with van der Waals surface area (Å²) in [5.41, 5.74) is 1.19. The van der Waals surface area contributed by atoms with Crippen LogP contribution in [0.2, 0.25) is 0 Å². The average molecular weight is 287 g/mol. The molecule has 0 amide bonds. The Morgan fingerprint density at radius 3 is 2.48 bits per heavy atom. The van der Waals surface area contributed by atoms with E-state index < -0.39 is 0 Å². The highest BCUT2D eigenvalue weighted by Crippen LogP contribution is 2.28. The van der Waals surface area contributed by atoms with Crippen LogP contribution in [0.3, 0.4) is 0 Å². The van der Waals surface area contributed by atoms with E-state index in [1.807, 2.05) is 6.20 Å². The van der Waals surface area contributed by atoms with E-state index in [4.69, 9.17) is 0 Å². The van der Waals surface area contributed by atoms with Gasteiger partial charge in [0.15, 0.2) is 0 Å². The van der Waals surface area contributed by atoms with Crippen LogP contribution in [-0.2, 0) is 0 Å². The van der Waals surface area contributed by atoms with E-state index in [2.05, 4.69) is 34.3 Å². The second kappa shape index (κ2) is 7.15. The van der Waals surface area contributed by atoms with Gasteiger partial charge in [-0.15, -0.1) is 0 Å². The van der Waals surface area contributed by atoms with E-state index >= 15 is 0 Å². The largest absolute Gasteiger partial charge is 0.381 e. The zero-order chi connectivity index (χ0) is 14.5. The molecule has 3 nitrogen and oxygen atoms in total. The second-order valence-corrected chi connectivity index (χ2v) is 6.72. The predicted octanol–water partition coefficient (Wildman–Crippen LogP) is 4.45. The number of pyridine rings is 1. The van der Waals surface area contributed by atoms with Crippen molar-refractivity contribution in [2.24, 2.45) is 5.92 Å². The van der Waals surface area contributed by atoms with Crippen LogP contribution in [0.5, 0.6) is 0 Å². The van der Waals surface area contributed by atoms with Crippen molar-refractivity contribution < 1.29 is 0 Å². The third kappa shape index (κ3) is 3.90. The smallest absolute Gasteiger partial charge is 0.128 e. The van der Waals surface area contributed by atoms with Crippen LogP contribution in [0.25, 0.3) is 0 Å². The van der Waals surface area contributed by atoms with Gasteiger partial charge < -0.3 is 10.2 Å². The van der Waals surface area contributed by atoms with Crippen LogP contribution in [-0.4, -0.2) is 24.1 Å². The Kier molecular flexibility index (Phi) is 5.00. The molecule has 0 aromatic carbocycles. The van der Waals surface area contributed by atoms with Gasteiger partial charge in [-0.3, -0.25) is 0 Å². The maximum Gasteiger partial charge on any atom is 0.128 e. The molecule has 1 aliphatic heterocycles. The number of nitrogens with zero attached hydrogens (tertiary/aromatic N) is 2. The van der Waals surface area contributed by atoms with E-state index in [0.29, 0.717) is 6.04 Å². The molecule has 21 heavy (non-hydrogen) atoms. The summed E-state index contributed by atoms with van der Waals surface area (Å²) in [5.74, 6) is 2.11. The van der Waals surface area contributed by atoms with Crippen LogP contribution in [0, 0.1) is 5.92 Å². The molecule has 1 aromatic heterocycles. The Morgan fingerprint density at radius 1 is 1.10 bits per heavy atom. The average Bonchev–Trinajstić information content (AvgIpc) is 2.57. The topological polar surface area (TPSA) is 28.2 Å². The quantitative estimate of drug-likeness (QED) is 0.886. The van der Waals surface area contributed by atoms with Crippen LogP contribution in [0.15, 0.2) is 18.3 Å². The number of aromatic nitrogens is 1. The lowest BCUT2D eigenvalue weighted by Gasteiger charge is -2.30. The molecule has 1 aliphatic carbocycles. The van der Waals surface area contributed by atoms with Gasteiger partial charge in [0.2, 0.25) is 0 Å². The highest BCUT2D eigenvalue weighted by Gasteiger charge is 2.20. The minimum atomic E-state index is 0.649. The van der Waals surface area contributed by atoms with Crippen LogP contribution in [0.1, 0.15) is 58.3 Å². The van der Waals surface area contributed by atoms with Gasteiger partial charge in [0.1, 0.15) is 5.82 Å². The minimum absolute atomic E-state index is 0.649. The van der Waals surface area contributed by atoms with Gasteiger partial charge >= 0.3 is 0 Å². The molecule has 0 bridgehead atoms. The zero-order valence-corrected chi connectivity index (χ0v) is 13.4. The fraction of sp³-hybridized carbons (Fsp3) is 0.722. The van der Waals surface area contributed by atoms with Crippen molar-refractivity contribution in [2.45, 2.75) is 64.3 Å². The maximum absolute atomic E-state index is 4.66. The van der Waals surface area contributed by atoms with Crippen molar-refractivity contribution in [3.05, 3.63) is 18.3 Å². The SMILES string of the molecule is CCC1CCC(Nc2ccc(N3CCCCC3)nc2)CC1. The minimum Gasteiger partial charge on any atom is -0.381 e. The molecule has 1 saturated carbocycles. The third-order valence-electron chi connectivity index (χ3n) is 5.22. The lowest BCUT2D eigenvalue weighted by molar-refractivity contribution is 0.330. The van der Waals surface area contributed by atoms with Crippen molar-refractivity contribution in [2.75, 3.05) is 23.3 Å². The van der Waals surface area contributed by atoms with Gasteiger partial charge in [-0.1, -0.05) is 13.3 Å². The fourth-order valence-corrected chi connectivity index (χ4v) is 3.73. The lowest BCUT2D eigenvalue weighted by Crippen LogP contribution is -2.30. The first kappa shape index (κ1) is 14.7. The molecule has 0 atom stereocenters. The number of nitrogens with one attached hydrogen (secondary N) is 1. The summed E-state index contributed by atoms with van der Waals surface area (Å²) in [7, 11) is 0. The van der Waals surface area contributed by atoms with Gasteiger partial charge in [-0.25, -0.2) is 4.98 Å². The van der Waals surface area contributed by atoms with Gasteiger partial charge in [-0.2, -0.15) is 0 Å². The van der Waals surface area contributed by atoms with E-state index in [9.17, 15) is 0 Å². The number of hydrogen-bond acceptors (Lipinski definition) is 3. The highest BCUT2D eigenvalue weighted by molar-refractivity contribution is 5.49. The normalized spacial score (nSPS) is 26.6. The van der Waals surface area contributed by atoms with Crippen LogP contribution >= 0.6 is 0 Å². The summed E-state index contributed by atoms with van der Waals surface area (Å²) >= 11 is 0. The van der Waals surface area contributed by atoms with Gasteiger partial charge in [0.25, 0.3) is 0 Å². The molecule has 1 aromatic rings. The first-order valence-corrected chi connectivity index (χ1v) is 8.82. The monoisotopic (exact) mass is 287 g/mol. The zero-order valence-electron chi connectivity index (χ0n) is 13.4. The highest BCUT2D eigenvalue weighted by atomic mass is 15.2. The van der Waals surface area contributed by atoms with E-state index in [-0.39, 0.29) is 0 Å². The van der Waals surface area contributed by atoms with Crippen molar-refractivity contribution in [3.8, 4) is 0 Å². The lowest BCUT2D eigenvalue weighted by atomic mass is 9.84. The first-order chi connectivity index (χ1) is 10.3. The van der Waals surface area contributed by atoms with Crippen LogP contribution < -0.4 is 10.2 Å². The summed E-state index contributed by atoms with van der Waals surface area (Å²) in [6.07, 6.45) is 12.7. The Labute approximate surface area is 129 Å². The Morgan fingerprint density at radius 2 is 1.86 bits per heavy atom. The van der Waals surface area contributed by atoms with Crippen molar-refractivity contribution in [1.29, 1.82) is 0 Å². The van der Waals surface area contributed by atoms with E-state index in [1.165, 1.54) is 70.1 Å². The standard InChI is InChI=1S/C18H29N3/c1-2-15-6-8-16(9-7-15)20-17-10-11-18(19-14-17)21-12-4-3-5-13-21/h10-11,14-16,20H,2-9,12-13H2,1H3. The number of rotatable bonds is 4. The molecule has 0 radical (unpaired) electrons.